The Balaban J connectivity index is 2.45. The fourth-order valence-corrected chi connectivity index (χ4v) is 1.59. The molecule has 0 aliphatic rings. The first-order valence-corrected chi connectivity index (χ1v) is 6.21. The van der Waals surface area contributed by atoms with Crippen molar-refractivity contribution in [2.45, 2.75) is 33.2 Å². The molecule has 0 saturated heterocycles. The summed E-state index contributed by atoms with van der Waals surface area (Å²) in [7, 11) is 0. The van der Waals surface area contributed by atoms with E-state index in [2.05, 4.69) is 34.9 Å². The Kier molecular flexibility index (Phi) is 5.63. The van der Waals surface area contributed by atoms with Gasteiger partial charge >= 0.3 is 0 Å². The molecule has 0 unspecified atom stereocenters. The molecule has 0 spiro atoms. The predicted octanol–water partition coefficient (Wildman–Crippen LogP) is 2.46. The van der Waals surface area contributed by atoms with Crippen molar-refractivity contribution in [3.05, 3.63) is 35.4 Å². The third-order valence-corrected chi connectivity index (χ3v) is 2.40. The molecule has 0 heterocycles. The Hall–Kier alpha value is -1.42. The third kappa shape index (κ3) is 5.45. The maximum Gasteiger partial charge on any atom is 0.187 e. The smallest absolute Gasteiger partial charge is 0.187 e. The molecule has 17 heavy (non-hydrogen) atoms. The molecule has 4 heteroatoms. The lowest BCUT2D eigenvalue weighted by Crippen LogP contribution is -2.36. The number of aryl methyl sites for hydroxylation is 1. The Morgan fingerprint density at radius 3 is 2.53 bits per heavy atom. The highest BCUT2D eigenvalue weighted by atomic mass is 32.1. The van der Waals surface area contributed by atoms with Gasteiger partial charge in [0.05, 0.1) is 6.21 Å². The quantitative estimate of drug-likeness (QED) is 0.489. The monoisotopic (exact) mass is 249 g/mol. The summed E-state index contributed by atoms with van der Waals surface area (Å²) in [5.74, 6) is 0. The largest absolute Gasteiger partial charge is 0.359 e. The van der Waals surface area contributed by atoms with Crippen molar-refractivity contribution < 1.29 is 0 Å². The second-order valence-electron chi connectivity index (χ2n) is 4.09. The Morgan fingerprint density at radius 2 is 2.00 bits per heavy atom. The highest BCUT2D eigenvalue weighted by Gasteiger charge is 1.95. The van der Waals surface area contributed by atoms with E-state index in [4.69, 9.17) is 12.2 Å². The zero-order valence-corrected chi connectivity index (χ0v) is 11.3. The number of thiocarbonyl (C=S) groups is 1. The number of hydrogen-bond acceptors (Lipinski definition) is 2. The van der Waals surface area contributed by atoms with Crippen molar-refractivity contribution >= 4 is 23.5 Å². The van der Waals surface area contributed by atoms with Crippen LogP contribution in [0.2, 0.25) is 0 Å². The zero-order chi connectivity index (χ0) is 12.7. The van der Waals surface area contributed by atoms with E-state index in [1.807, 2.05) is 26.0 Å². The molecule has 2 N–H and O–H groups in total. The van der Waals surface area contributed by atoms with Crippen LogP contribution in [0.4, 0.5) is 0 Å². The van der Waals surface area contributed by atoms with Crippen LogP contribution >= 0.6 is 12.2 Å². The molecule has 0 saturated carbocycles. The summed E-state index contributed by atoms with van der Waals surface area (Å²) >= 11 is 5.05. The molecular formula is C13H19N3S. The summed E-state index contributed by atoms with van der Waals surface area (Å²) in [6.45, 7) is 6.20. The fraction of sp³-hybridized carbons (Fsp3) is 0.385. The number of hydrogen-bond donors (Lipinski definition) is 2. The molecule has 0 fully saturated rings. The van der Waals surface area contributed by atoms with E-state index in [9.17, 15) is 0 Å². The van der Waals surface area contributed by atoms with Crippen LogP contribution in [0.3, 0.4) is 0 Å². The molecule has 0 aliphatic heterocycles. The van der Waals surface area contributed by atoms with Gasteiger partial charge in [-0.15, -0.1) is 0 Å². The number of rotatable bonds is 4. The van der Waals surface area contributed by atoms with Crippen LogP contribution in [0.25, 0.3) is 0 Å². The van der Waals surface area contributed by atoms with Gasteiger partial charge in [0.1, 0.15) is 0 Å². The number of benzene rings is 1. The highest BCUT2D eigenvalue weighted by Crippen LogP contribution is 2.02. The lowest BCUT2D eigenvalue weighted by Gasteiger charge is -2.09. The predicted molar refractivity (Wildman–Crippen MR) is 77.4 cm³/mol. The van der Waals surface area contributed by atoms with Gasteiger partial charge in [0.2, 0.25) is 0 Å². The van der Waals surface area contributed by atoms with Gasteiger partial charge < -0.3 is 5.32 Å². The minimum atomic E-state index is 0.314. The van der Waals surface area contributed by atoms with E-state index < -0.39 is 0 Å². The van der Waals surface area contributed by atoms with Crippen LogP contribution in [0.15, 0.2) is 29.4 Å². The molecule has 0 aliphatic carbocycles. The summed E-state index contributed by atoms with van der Waals surface area (Å²) in [5, 5.41) is 7.67. The molecule has 1 rings (SSSR count). The zero-order valence-electron chi connectivity index (χ0n) is 10.5. The highest BCUT2D eigenvalue weighted by molar-refractivity contribution is 7.80. The van der Waals surface area contributed by atoms with Crippen molar-refractivity contribution in [3.63, 3.8) is 0 Å². The first-order chi connectivity index (χ1) is 8.11. The first kappa shape index (κ1) is 13.6. The fourth-order valence-electron chi connectivity index (χ4n) is 1.30. The van der Waals surface area contributed by atoms with Crippen LogP contribution < -0.4 is 10.7 Å². The Labute approximate surface area is 108 Å². The molecule has 0 amide bonds. The molecule has 0 bridgehead atoms. The second-order valence-corrected chi connectivity index (χ2v) is 4.50. The van der Waals surface area contributed by atoms with Gasteiger partial charge in [0, 0.05) is 6.04 Å². The summed E-state index contributed by atoms with van der Waals surface area (Å²) < 4.78 is 0. The van der Waals surface area contributed by atoms with Gasteiger partial charge in [0.25, 0.3) is 0 Å². The van der Waals surface area contributed by atoms with Crippen molar-refractivity contribution in [2.24, 2.45) is 5.10 Å². The average molecular weight is 249 g/mol. The minimum absolute atomic E-state index is 0.314. The van der Waals surface area contributed by atoms with Crippen molar-refractivity contribution in [2.75, 3.05) is 0 Å². The van der Waals surface area contributed by atoms with Crippen LogP contribution in [0, 0.1) is 0 Å². The minimum Gasteiger partial charge on any atom is -0.359 e. The summed E-state index contributed by atoms with van der Waals surface area (Å²) in [5.41, 5.74) is 5.16. The van der Waals surface area contributed by atoms with Crippen molar-refractivity contribution in [1.29, 1.82) is 0 Å². The van der Waals surface area contributed by atoms with Gasteiger partial charge in [-0.2, -0.15) is 5.10 Å². The van der Waals surface area contributed by atoms with E-state index in [1.54, 1.807) is 6.21 Å². The first-order valence-electron chi connectivity index (χ1n) is 5.80. The molecule has 0 aromatic heterocycles. The van der Waals surface area contributed by atoms with Crippen LogP contribution in [-0.4, -0.2) is 17.4 Å². The van der Waals surface area contributed by atoms with Crippen LogP contribution in [0.5, 0.6) is 0 Å². The normalized spacial score (nSPS) is 10.8. The average Bonchev–Trinajstić information content (AvgIpc) is 2.29. The lowest BCUT2D eigenvalue weighted by atomic mass is 10.1. The van der Waals surface area contributed by atoms with Gasteiger partial charge in [-0.25, -0.2) is 0 Å². The third-order valence-electron chi connectivity index (χ3n) is 2.19. The van der Waals surface area contributed by atoms with Gasteiger partial charge in [-0.1, -0.05) is 31.2 Å². The standard InChI is InChI=1S/C13H19N3S/c1-4-11-5-7-12(8-6-11)9-14-16-13(17)15-10(2)3/h5-10H,4H2,1-3H3,(H2,15,16,17). The van der Waals surface area contributed by atoms with E-state index in [1.165, 1.54) is 5.56 Å². The van der Waals surface area contributed by atoms with Crippen molar-refractivity contribution in [1.82, 2.24) is 10.7 Å². The molecule has 1 aromatic carbocycles. The van der Waals surface area contributed by atoms with Gasteiger partial charge in [0.15, 0.2) is 5.11 Å². The topological polar surface area (TPSA) is 36.4 Å². The van der Waals surface area contributed by atoms with Crippen molar-refractivity contribution in [3.8, 4) is 0 Å². The molecule has 0 atom stereocenters. The molecule has 92 valence electrons. The molecule has 1 aromatic rings. The SMILES string of the molecule is CCc1ccc(C=NNC(=S)NC(C)C)cc1. The van der Waals surface area contributed by atoms with E-state index >= 15 is 0 Å². The summed E-state index contributed by atoms with van der Waals surface area (Å²) in [6, 6.07) is 8.61. The molecule has 3 nitrogen and oxygen atoms in total. The number of nitrogens with zero attached hydrogens (tertiary/aromatic N) is 1. The summed E-state index contributed by atoms with van der Waals surface area (Å²) in [6.07, 6.45) is 2.81. The number of hydrazone groups is 1. The summed E-state index contributed by atoms with van der Waals surface area (Å²) in [4.78, 5) is 0. The molecule has 0 radical (unpaired) electrons. The van der Waals surface area contributed by atoms with E-state index in [0.717, 1.165) is 12.0 Å². The molecular weight excluding hydrogens is 230 g/mol. The maximum absolute atomic E-state index is 5.05. The van der Waals surface area contributed by atoms with Gasteiger partial charge in [-0.3, -0.25) is 5.43 Å². The van der Waals surface area contributed by atoms with E-state index in [-0.39, 0.29) is 0 Å². The lowest BCUT2D eigenvalue weighted by molar-refractivity contribution is 0.720. The van der Waals surface area contributed by atoms with Gasteiger partial charge in [-0.05, 0) is 43.6 Å². The van der Waals surface area contributed by atoms with E-state index in [0.29, 0.717) is 11.2 Å². The second kappa shape index (κ2) is 7.01. The number of nitrogens with one attached hydrogen (secondary N) is 2. The van der Waals surface area contributed by atoms with Crippen LogP contribution in [-0.2, 0) is 6.42 Å². The Morgan fingerprint density at radius 1 is 1.35 bits per heavy atom. The maximum atomic E-state index is 5.05. The van der Waals surface area contributed by atoms with Crippen LogP contribution in [0.1, 0.15) is 31.9 Å². The Bertz CT molecular complexity index is 382.